The van der Waals surface area contributed by atoms with Gasteiger partial charge in [-0.3, -0.25) is 0 Å². The van der Waals surface area contributed by atoms with E-state index < -0.39 is 0 Å². The summed E-state index contributed by atoms with van der Waals surface area (Å²) < 4.78 is 0. The second kappa shape index (κ2) is 6.36. The van der Waals surface area contributed by atoms with Crippen LogP contribution in [0.4, 0.5) is 5.69 Å². The Hall–Kier alpha value is -1.61. The van der Waals surface area contributed by atoms with Gasteiger partial charge in [0.25, 0.3) is 0 Å². The Balaban J connectivity index is 2.01. The molecule has 0 heterocycles. The third-order valence-corrected chi connectivity index (χ3v) is 3.07. The van der Waals surface area contributed by atoms with E-state index in [2.05, 4.69) is 47.9 Å². The van der Waals surface area contributed by atoms with Crippen molar-refractivity contribution in [1.82, 2.24) is 5.32 Å². The normalized spacial score (nSPS) is 10.3. The molecule has 0 aliphatic heterocycles. The van der Waals surface area contributed by atoms with E-state index in [1.807, 2.05) is 12.1 Å². The van der Waals surface area contributed by atoms with Crippen LogP contribution in [0.25, 0.3) is 10.8 Å². The van der Waals surface area contributed by atoms with Crippen molar-refractivity contribution >= 4 is 33.8 Å². The first-order valence-electron chi connectivity index (χ1n) is 6.33. The highest BCUT2D eigenvalue weighted by molar-refractivity contribution is 7.80. The topological polar surface area (TPSA) is 24.1 Å². The van der Waals surface area contributed by atoms with E-state index in [9.17, 15) is 0 Å². The van der Waals surface area contributed by atoms with Crippen molar-refractivity contribution in [2.45, 2.75) is 19.8 Å². The third kappa shape index (κ3) is 3.44. The number of unbranched alkanes of at least 4 members (excludes halogenated alkanes) is 1. The Labute approximate surface area is 113 Å². The molecule has 0 unspecified atom stereocenters. The smallest absolute Gasteiger partial charge is 0.170 e. The minimum absolute atomic E-state index is 0.693. The van der Waals surface area contributed by atoms with Crippen LogP contribution in [0.15, 0.2) is 42.5 Å². The van der Waals surface area contributed by atoms with Crippen LogP contribution in [0.3, 0.4) is 0 Å². The number of hydrogen-bond donors (Lipinski definition) is 2. The molecule has 0 aromatic heterocycles. The monoisotopic (exact) mass is 258 g/mol. The van der Waals surface area contributed by atoms with Gasteiger partial charge in [0, 0.05) is 12.2 Å². The van der Waals surface area contributed by atoms with E-state index >= 15 is 0 Å². The van der Waals surface area contributed by atoms with Gasteiger partial charge in [0.15, 0.2) is 5.11 Å². The summed E-state index contributed by atoms with van der Waals surface area (Å²) >= 11 is 5.25. The molecule has 18 heavy (non-hydrogen) atoms. The summed E-state index contributed by atoms with van der Waals surface area (Å²) in [6.45, 7) is 3.09. The lowest BCUT2D eigenvalue weighted by Crippen LogP contribution is -2.29. The highest BCUT2D eigenvalue weighted by Crippen LogP contribution is 2.18. The quantitative estimate of drug-likeness (QED) is 0.642. The molecule has 0 atom stereocenters. The summed E-state index contributed by atoms with van der Waals surface area (Å²) in [5.41, 5.74) is 1.03. The molecule has 0 bridgehead atoms. The van der Waals surface area contributed by atoms with Crippen LogP contribution in [-0.4, -0.2) is 11.7 Å². The fourth-order valence-electron chi connectivity index (χ4n) is 1.82. The van der Waals surface area contributed by atoms with Crippen molar-refractivity contribution in [3.8, 4) is 0 Å². The number of anilines is 1. The highest BCUT2D eigenvalue weighted by Gasteiger charge is 1.98. The van der Waals surface area contributed by atoms with Crippen molar-refractivity contribution in [2.24, 2.45) is 0 Å². The Bertz CT molecular complexity index is 537. The van der Waals surface area contributed by atoms with Crippen molar-refractivity contribution in [3.05, 3.63) is 42.5 Å². The summed E-state index contributed by atoms with van der Waals surface area (Å²) in [5, 5.41) is 9.57. The van der Waals surface area contributed by atoms with Crippen LogP contribution in [0.5, 0.6) is 0 Å². The Kier molecular flexibility index (Phi) is 4.53. The summed E-state index contributed by atoms with van der Waals surface area (Å²) in [7, 11) is 0. The minimum Gasteiger partial charge on any atom is -0.362 e. The number of nitrogens with one attached hydrogen (secondary N) is 2. The van der Waals surface area contributed by atoms with Crippen LogP contribution in [0, 0.1) is 0 Å². The van der Waals surface area contributed by atoms with Gasteiger partial charge < -0.3 is 10.6 Å². The van der Waals surface area contributed by atoms with Crippen LogP contribution >= 0.6 is 12.2 Å². The second-order valence-electron chi connectivity index (χ2n) is 4.30. The number of benzene rings is 2. The lowest BCUT2D eigenvalue weighted by atomic mass is 10.1. The molecule has 2 aromatic carbocycles. The Morgan fingerprint density at radius 1 is 1.11 bits per heavy atom. The van der Waals surface area contributed by atoms with Gasteiger partial charge in [0.05, 0.1) is 0 Å². The minimum atomic E-state index is 0.693. The average Bonchev–Trinajstić information content (AvgIpc) is 2.39. The molecule has 2 aromatic rings. The van der Waals surface area contributed by atoms with Crippen LogP contribution in [0.2, 0.25) is 0 Å². The van der Waals surface area contributed by atoms with Crippen LogP contribution in [-0.2, 0) is 0 Å². The Morgan fingerprint density at radius 3 is 2.67 bits per heavy atom. The molecule has 0 aliphatic rings. The summed E-state index contributed by atoms with van der Waals surface area (Å²) in [6, 6.07) is 14.6. The van der Waals surface area contributed by atoms with E-state index in [4.69, 9.17) is 12.2 Å². The summed E-state index contributed by atoms with van der Waals surface area (Å²) in [5.74, 6) is 0. The molecule has 0 saturated carbocycles. The van der Waals surface area contributed by atoms with Gasteiger partial charge in [-0.1, -0.05) is 43.7 Å². The maximum Gasteiger partial charge on any atom is 0.170 e. The molecule has 94 valence electrons. The number of thiocarbonyl (C=S) groups is 1. The summed E-state index contributed by atoms with van der Waals surface area (Å²) in [4.78, 5) is 0. The first-order chi connectivity index (χ1) is 8.79. The van der Waals surface area contributed by atoms with Gasteiger partial charge in [0.1, 0.15) is 0 Å². The van der Waals surface area contributed by atoms with Crippen molar-refractivity contribution < 1.29 is 0 Å². The average molecular weight is 258 g/mol. The zero-order valence-corrected chi connectivity index (χ0v) is 11.4. The van der Waals surface area contributed by atoms with E-state index in [-0.39, 0.29) is 0 Å². The van der Waals surface area contributed by atoms with E-state index in [1.54, 1.807) is 0 Å². The first kappa shape index (κ1) is 12.8. The lowest BCUT2D eigenvalue weighted by Gasteiger charge is -2.10. The molecule has 0 saturated heterocycles. The molecule has 0 fully saturated rings. The molecular weight excluding hydrogens is 240 g/mol. The molecule has 0 amide bonds. The number of rotatable bonds is 4. The fraction of sp³-hybridized carbons (Fsp3) is 0.267. The van der Waals surface area contributed by atoms with Gasteiger partial charge in [0.2, 0.25) is 0 Å². The molecule has 2 rings (SSSR count). The van der Waals surface area contributed by atoms with Crippen molar-refractivity contribution in [3.63, 3.8) is 0 Å². The van der Waals surface area contributed by atoms with Gasteiger partial charge in [-0.25, -0.2) is 0 Å². The maximum absolute atomic E-state index is 5.25. The van der Waals surface area contributed by atoms with Crippen LogP contribution in [0.1, 0.15) is 19.8 Å². The zero-order chi connectivity index (χ0) is 12.8. The molecular formula is C15H18N2S. The molecule has 2 N–H and O–H groups in total. The number of hydrogen-bond acceptors (Lipinski definition) is 1. The zero-order valence-electron chi connectivity index (χ0n) is 10.6. The molecule has 0 aliphatic carbocycles. The van der Waals surface area contributed by atoms with E-state index in [1.165, 1.54) is 17.2 Å². The van der Waals surface area contributed by atoms with Crippen LogP contribution < -0.4 is 10.6 Å². The van der Waals surface area contributed by atoms with E-state index in [0.29, 0.717) is 5.11 Å². The lowest BCUT2D eigenvalue weighted by molar-refractivity contribution is 0.758. The van der Waals surface area contributed by atoms with Gasteiger partial charge in [-0.2, -0.15) is 0 Å². The predicted molar refractivity (Wildman–Crippen MR) is 83.1 cm³/mol. The second-order valence-corrected chi connectivity index (χ2v) is 4.70. The van der Waals surface area contributed by atoms with Crippen molar-refractivity contribution in [2.75, 3.05) is 11.9 Å². The van der Waals surface area contributed by atoms with Gasteiger partial charge in [-0.15, -0.1) is 0 Å². The number of fused-ring (bicyclic) bond motifs is 1. The Morgan fingerprint density at radius 2 is 1.89 bits per heavy atom. The maximum atomic E-state index is 5.25. The van der Waals surface area contributed by atoms with Gasteiger partial charge >= 0.3 is 0 Å². The fourth-order valence-corrected chi connectivity index (χ4v) is 2.04. The van der Waals surface area contributed by atoms with E-state index in [0.717, 1.165) is 18.7 Å². The summed E-state index contributed by atoms with van der Waals surface area (Å²) in [6.07, 6.45) is 2.31. The first-order valence-corrected chi connectivity index (χ1v) is 6.74. The van der Waals surface area contributed by atoms with Crippen molar-refractivity contribution in [1.29, 1.82) is 0 Å². The van der Waals surface area contributed by atoms with Gasteiger partial charge in [-0.05, 0) is 41.5 Å². The molecule has 0 spiro atoms. The molecule has 0 radical (unpaired) electrons. The molecule has 3 heteroatoms. The molecule has 2 nitrogen and oxygen atoms in total. The largest absolute Gasteiger partial charge is 0.362 e. The standard InChI is InChI=1S/C15H18N2S/c1-2-3-10-16-15(18)17-14-9-8-12-6-4-5-7-13(12)11-14/h4-9,11H,2-3,10H2,1H3,(H2,16,17,18). The highest BCUT2D eigenvalue weighted by atomic mass is 32.1. The third-order valence-electron chi connectivity index (χ3n) is 2.82. The predicted octanol–water partition coefficient (Wildman–Crippen LogP) is 3.93. The SMILES string of the molecule is CCCCNC(=S)Nc1ccc2ccccc2c1.